The molecule has 0 aliphatic rings. The summed E-state index contributed by atoms with van der Waals surface area (Å²) >= 11 is 11.0. The summed E-state index contributed by atoms with van der Waals surface area (Å²) < 4.78 is 0. The molecule has 0 N–H and O–H groups in total. The lowest BCUT2D eigenvalue weighted by atomic mass is 9.99. The van der Waals surface area contributed by atoms with Crippen molar-refractivity contribution in [3.63, 3.8) is 0 Å². The summed E-state index contributed by atoms with van der Waals surface area (Å²) in [6.07, 6.45) is 1.42. The Morgan fingerprint density at radius 2 is 2.11 bits per heavy atom. The third kappa shape index (κ3) is 1.60. The molecule has 1 rings (SSSR count). The Balaban J connectivity index is 3.17. The molecule has 9 heavy (non-hydrogen) atoms. The van der Waals surface area contributed by atoms with E-state index in [1.54, 1.807) is 0 Å². The van der Waals surface area contributed by atoms with Crippen molar-refractivity contribution in [1.29, 1.82) is 0 Å². The molecule has 1 aromatic rings. The van der Waals surface area contributed by atoms with Crippen molar-refractivity contribution in [2.45, 2.75) is 0 Å². The Morgan fingerprint density at radius 1 is 1.44 bits per heavy atom. The highest BCUT2D eigenvalue weighted by atomic mass is 35.5. The van der Waals surface area contributed by atoms with Crippen LogP contribution in [0, 0.1) is 0 Å². The van der Waals surface area contributed by atoms with Gasteiger partial charge in [-0.3, -0.25) is 0 Å². The molecular weight excluding hydrogens is 156 g/mol. The first-order valence-electron chi connectivity index (χ1n) is 2.26. The molecule has 44 valence electrons. The van der Waals surface area contributed by atoms with Gasteiger partial charge < -0.3 is 0 Å². The number of nitrogens with zero attached hydrogens (tertiary/aromatic N) is 1. The Morgan fingerprint density at radius 3 is 2.56 bits per heavy atom. The molecule has 0 aromatic carbocycles. The van der Waals surface area contributed by atoms with Gasteiger partial charge in [-0.05, 0) is 6.07 Å². The molecule has 0 bridgehead atoms. The Kier molecular flexibility index (Phi) is 1.99. The Labute approximate surface area is 64.4 Å². The van der Waals surface area contributed by atoms with Crippen molar-refractivity contribution in [3.05, 3.63) is 22.4 Å². The van der Waals surface area contributed by atoms with E-state index < -0.39 is 0 Å². The molecule has 0 spiro atoms. The third-order valence-electron chi connectivity index (χ3n) is 0.849. The van der Waals surface area contributed by atoms with E-state index in [0.29, 0.717) is 15.6 Å². The molecule has 0 amide bonds. The van der Waals surface area contributed by atoms with Crippen LogP contribution in [-0.4, -0.2) is 12.8 Å². The summed E-state index contributed by atoms with van der Waals surface area (Å²) in [5, 5.41) is 0.796. The largest absolute Gasteiger partial charge is 0.245 e. The average molecular weight is 158 g/mol. The van der Waals surface area contributed by atoms with Crippen LogP contribution in [0.15, 0.2) is 12.3 Å². The van der Waals surface area contributed by atoms with Gasteiger partial charge in [0.2, 0.25) is 0 Å². The molecule has 0 fully saturated rings. The van der Waals surface area contributed by atoms with Crippen LogP contribution in [0.5, 0.6) is 0 Å². The average Bonchev–Trinajstić information content (AvgIpc) is 1.80. The highest BCUT2D eigenvalue weighted by molar-refractivity contribution is 6.45. The van der Waals surface area contributed by atoms with E-state index in [4.69, 9.17) is 31.0 Å². The van der Waals surface area contributed by atoms with E-state index >= 15 is 0 Å². The maximum Gasteiger partial charge on any atom is 0.130 e. The lowest BCUT2D eigenvalue weighted by Crippen LogP contribution is -2.03. The minimum atomic E-state index is 0.356. The Hall–Kier alpha value is -0.205. The van der Waals surface area contributed by atoms with E-state index in [1.165, 1.54) is 12.3 Å². The van der Waals surface area contributed by atoms with Crippen LogP contribution in [0.2, 0.25) is 10.2 Å². The van der Waals surface area contributed by atoms with Gasteiger partial charge in [0, 0.05) is 11.2 Å². The van der Waals surface area contributed by atoms with Gasteiger partial charge in [0.1, 0.15) is 13.0 Å². The van der Waals surface area contributed by atoms with Gasteiger partial charge in [-0.1, -0.05) is 28.7 Å². The maximum atomic E-state index is 5.56. The number of aromatic nitrogens is 1. The van der Waals surface area contributed by atoms with Crippen molar-refractivity contribution >= 4 is 36.5 Å². The van der Waals surface area contributed by atoms with E-state index in [-0.39, 0.29) is 0 Å². The van der Waals surface area contributed by atoms with Crippen LogP contribution < -0.4 is 5.46 Å². The molecule has 0 unspecified atom stereocenters. The van der Waals surface area contributed by atoms with Crippen LogP contribution in [0.3, 0.4) is 0 Å². The quantitative estimate of drug-likeness (QED) is 0.407. The third-order valence-corrected chi connectivity index (χ3v) is 1.38. The van der Waals surface area contributed by atoms with Gasteiger partial charge in [-0.15, -0.1) is 0 Å². The monoisotopic (exact) mass is 157 g/mol. The van der Waals surface area contributed by atoms with Crippen LogP contribution in [0.25, 0.3) is 0 Å². The summed E-state index contributed by atoms with van der Waals surface area (Å²) in [6, 6.07) is 1.50. The molecule has 4 heteroatoms. The van der Waals surface area contributed by atoms with Gasteiger partial charge in [-0.2, -0.15) is 0 Å². The summed E-state index contributed by atoms with van der Waals surface area (Å²) in [5.41, 5.74) is 0.445. The van der Waals surface area contributed by atoms with Gasteiger partial charge in [0.15, 0.2) is 0 Å². The van der Waals surface area contributed by atoms with E-state index in [1.807, 2.05) is 0 Å². The molecule has 1 heterocycles. The lowest BCUT2D eigenvalue weighted by molar-refractivity contribution is 1.35. The molecule has 0 aliphatic heterocycles. The first-order chi connectivity index (χ1) is 4.20. The molecule has 1 aromatic heterocycles. The van der Waals surface area contributed by atoms with E-state index in [2.05, 4.69) is 4.98 Å². The predicted molar refractivity (Wildman–Crippen MR) is 39.6 cm³/mol. The smallest absolute Gasteiger partial charge is 0.130 e. The second-order valence-electron chi connectivity index (χ2n) is 1.53. The second-order valence-corrected chi connectivity index (χ2v) is 2.32. The fourth-order valence-corrected chi connectivity index (χ4v) is 0.784. The molecule has 0 saturated heterocycles. The molecule has 0 saturated carbocycles. The van der Waals surface area contributed by atoms with E-state index in [9.17, 15) is 0 Å². The maximum absolute atomic E-state index is 5.56. The number of hydrogen-bond acceptors (Lipinski definition) is 1. The van der Waals surface area contributed by atoms with Crippen molar-refractivity contribution in [3.8, 4) is 0 Å². The van der Waals surface area contributed by atoms with Gasteiger partial charge in [0.05, 0.1) is 0 Å². The van der Waals surface area contributed by atoms with Crippen LogP contribution in [-0.2, 0) is 0 Å². The van der Waals surface area contributed by atoms with Crippen LogP contribution in [0.4, 0.5) is 0 Å². The van der Waals surface area contributed by atoms with Crippen molar-refractivity contribution in [2.75, 3.05) is 0 Å². The topological polar surface area (TPSA) is 12.9 Å². The molecular formula is C5H2BCl2N. The van der Waals surface area contributed by atoms with Crippen molar-refractivity contribution in [2.24, 2.45) is 0 Å². The molecule has 2 radical (unpaired) electrons. The second kappa shape index (κ2) is 2.59. The normalized spacial score (nSPS) is 9.56. The van der Waals surface area contributed by atoms with Crippen molar-refractivity contribution < 1.29 is 0 Å². The van der Waals surface area contributed by atoms with Crippen molar-refractivity contribution in [1.82, 2.24) is 4.98 Å². The summed E-state index contributed by atoms with van der Waals surface area (Å²) in [5.74, 6) is 0. The Bertz CT molecular complexity index is 226. The number of hydrogen-bond donors (Lipinski definition) is 0. The summed E-state index contributed by atoms with van der Waals surface area (Å²) in [4.78, 5) is 3.70. The zero-order valence-corrected chi connectivity index (χ0v) is 5.95. The fourth-order valence-electron chi connectivity index (χ4n) is 0.418. The summed E-state index contributed by atoms with van der Waals surface area (Å²) in [6.45, 7) is 0. The number of pyridine rings is 1. The highest BCUT2D eigenvalue weighted by Gasteiger charge is 1.93. The predicted octanol–water partition coefficient (Wildman–Crippen LogP) is 1.18. The SMILES string of the molecule is [B]c1cnc(Cl)cc1Cl. The van der Waals surface area contributed by atoms with E-state index in [0.717, 1.165) is 0 Å². The first-order valence-corrected chi connectivity index (χ1v) is 3.02. The number of rotatable bonds is 0. The minimum absolute atomic E-state index is 0.356. The summed E-state index contributed by atoms with van der Waals surface area (Å²) in [7, 11) is 5.34. The molecule has 1 nitrogen and oxygen atoms in total. The molecule has 0 aliphatic carbocycles. The lowest BCUT2D eigenvalue weighted by Gasteiger charge is -1.94. The zero-order valence-electron chi connectivity index (χ0n) is 4.44. The standard InChI is InChI=1S/C5H2BCl2N/c6-3-2-9-5(8)1-4(3)7/h1-2H. The first kappa shape index (κ1) is 6.91. The number of halogens is 2. The van der Waals surface area contributed by atoms with Gasteiger partial charge in [-0.25, -0.2) is 4.98 Å². The van der Waals surface area contributed by atoms with Gasteiger partial charge in [0.25, 0.3) is 0 Å². The molecule has 0 atom stereocenters. The minimum Gasteiger partial charge on any atom is -0.245 e. The zero-order chi connectivity index (χ0) is 6.85. The van der Waals surface area contributed by atoms with Crippen LogP contribution >= 0.6 is 23.2 Å². The fraction of sp³-hybridized carbons (Fsp3) is 0. The van der Waals surface area contributed by atoms with Gasteiger partial charge >= 0.3 is 0 Å². The highest BCUT2D eigenvalue weighted by Crippen LogP contribution is 2.08. The van der Waals surface area contributed by atoms with Crippen LogP contribution in [0.1, 0.15) is 0 Å².